The lowest BCUT2D eigenvalue weighted by atomic mass is 10.1. The van der Waals surface area contributed by atoms with Gasteiger partial charge in [0.2, 0.25) is 5.91 Å². The number of ether oxygens (including phenoxy) is 1. The van der Waals surface area contributed by atoms with Crippen molar-refractivity contribution in [2.45, 2.75) is 20.3 Å². The van der Waals surface area contributed by atoms with Gasteiger partial charge in [-0.2, -0.15) is 0 Å². The second kappa shape index (κ2) is 7.80. The molecule has 1 N–H and O–H groups in total. The molecule has 1 atom stereocenters. The summed E-state index contributed by atoms with van der Waals surface area (Å²) in [5, 5.41) is 2.78. The van der Waals surface area contributed by atoms with Crippen molar-refractivity contribution in [1.29, 1.82) is 0 Å². The Morgan fingerprint density at radius 3 is 2.85 bits per heavy atom. The van der Waals surface area contributed by atoms with E-state index in [-0.39, 0.29) is 5.91 Å². The lowest BCUT2D eigenvalue weighted by Crippen LogP contribution is -2.27. The Hall–Kier alpha value is -0.830. The Kier molecular flexibility index (Phi) is 7.30. The smallest absolute Gasteiger partial charge is 0.220 e. The van der Waals surface area contributed by atoms with Gasteiger partial charge >= 0.3 is 0 Å². The van der Waals surface area contributed by atoms with Crippen LogP contribution in [0.5, 0.6) is 0 Å². The zero-order valence-electron chi connectivity index (χ0n) is 8.67. The summed E-state index contributed by atoms with van der Waals surface area (Å²) in [5.41, 5.74) is 0. The van der Waals surface area contributed by atoms with Gasteiger partial charge in [0.15, 0.2) is 0 Å². The van der Waals surface area contributed by atoms with Crippen molar-refractivity contribution in [2.24, 2.45) is 5.92 Å². The SMILES string of the molecule is C/C=C/C(C)CC(=O)NCCOC. The van der Waals surface area contributed by atoms with Crippen molar-refractivity contribution in [3.05, 3.63) is 12.2 Å². The Morgan fingerprint density at radius 2 is 2.31 bits per heavy atom. The van der Waals surface area contributed by atoms with Gasteiger partial charge in [-0.15, -0.1) is 0 Å². The van der Waals surface area contributed by atoms with Crippen molar-refractivity contribution in [3.8, 4) is 0 Å². The fourth-order valence-electron chi connectivity index (χ4n) is 1.05. The first-order chi connectivity index (χ1) is 6.20. The van der Waals surface area contributed by atoms with E-state index >= 15 is 0 Å². The van der Waals surface area contributed by atoms with Gasteiger partial charge in [0.1, 0.15) is 0 Å². The molecule has 0 rings (SSSR count). The third-order valence-electron chi connectivity index (χ3n) is 1.66. The molecule has 0 saturated carbocycles. The fourth-order valence-corrected chi connectivity index (χ4v) is 1.05. The van der Waals surface area contributed by atoms with Gasteiger partial charge in [-0.1, -0.05) is 19.1 Å². The van der Waals surface area contributed by atoms with E-state index in [4.69, 9.17) is 4.74 Å². The molecule has 0 heterocycles. The van der Waals surface area contributed by atoms with Gasteiger partial charge in [0.25, 0.3) is 0 Å². The Balaban J connectivity index is 3.50. The van der Waals surface area contributed by atoms with E-state index < -0.39 is 0 Å². The highest BCUT2D eigenvalue weighted by atomic mass is 16.5. The van der Waals surface area contributed by atoms with Crippen LogP contribution in [0.1, 0.15) is 20.3 Å². The highest BCUT2D eigenvalue weighted by Gasteiger charge is 2.04. The van der Waals surface area contributed by atoms with Gasteiger partial charge in [-0.3, -0.25) is 4.79 Å². The second-order valence-corrected chi connectivity index (χ2v) is 3.05. The molecule has 3 nitrogen and oxygen atoms in total. The van der Waals surface area contributed by atoms with Gasteiger partial charge in [-0.05, 0) is 12.8 Å². The van der Waals surface area contributed by atoms with Crippen LogP contribution in [-0.2, 0) is 9.53 Å². The number of hydrogen-bond acceptors (Lipinski definition) is 2. The fraction of sp³-hybridized carbons (Fsp3) is 0.700. The predicted octanol–water partition coefficient (Wildman–Crippen LogP) is 1.35. The van der Waals surface area contributed by atoms with Crippen LogP contribution in [0.15, 0.2) is 12.2 Å². The van der Waals surface area contributed by atoms with E-state index in [0.29, 0.717) is 25.5 Å². The largest absolute Gasteiger partial charge is 0.383 e. The summed E-state index contributed by atoms with van der Waals surface area (Å²) in [6.07, 6.45) is 4.54. The lowest BCUT2D eigenvalue weighted by molar-refractivity contribution is -0.121. The molecule has 0 aliphatic heterocycles. The van der Waals surface area contributed by atoms with Crippen LogP contribution in [0.3, 0.4) is 0 Å². The molecule has 0 aromatic carbocycles. The molecule has 0 aliphatic carbocycles. The highest BCUT2D eigenvalue weighted by molar-refractivity contribution is 5.76. The number of nitrogens with one attached hydrogen (secondary N) is 1. The summed E-state index contributed by atoms with van der Waals surface area (Å²) in [6, 6.07) is 0. The summed E-state index contributed by atoms with van der Waals surface area (Å²) in [4.78, 5) is 11.2. The molecular weight excluding hydrogens is 166 g/mol. The molecule has 0 aromatic rings. The Morgan fingerprint density at radius 1 is 1.62 bits per heavy atom. The van der Waals surface area contributed by atoms with E-state index in [1.165, 1.54) is 0 Å². The maximum Gasteiger partial charge on any atom is 0.220 e. The van der Waals surface area contributed by atoms with E-state index in [1.54, 1.807) is 7.11 Å². The van der Waals surface area contributed by atoms with Gasteiger partial charge in [-0.25, -0.2) is 0 Å². The second-order valence-electron chi connectivity index (χ2n) is 3.05. The third kappa shape index (κ3) is 7.53. The normalized spacial score (nSPS) is 13.2. The quantitative estimate of drug-likeness (QED) is 0.501. The minimum Gasteiger partial charge on any atom is -0.383 e. The van der Waals surface area contributed by atoms with Crippen LogP contribution in [0, 0.1) is 5.92 Å². The zero-order chi connectivity index (χ0) is 10.1. The van der Waals surface area contributed by atoms with Crippen molar-refractivity contribution < 1.29 is 9.53 Å². The highest BCUT2D eigenvalue weighted by Crippen LogP contribution is 2.02. The topological polar surface area (TPSA) is 38.3 Å². The number of methoxy groups -OCH3 is 1. The minimum absolute atomic E-state index is 0.0858. The van der Waals surface area contributed by atoms with Crippen molar-refractivity contribution >= 4 is 5.91 Å². The van der Waals surface area contributed by atoms with Gasteiger partial charge in [0, 0.05) is 20.1 Å². The first-order valence-electron chi connectivity index (χ1n) is 4.59. The molecule has 0 saturated heterocycles. The number of amides is 1. The zero-order valence-corrected chi connectivity index (χ0v) is 8.67. The molecule has 0 aliphatic rings. The molecule has 3 heteroatoms. The minimum atomic E-state index is 0.0858. The monoisotopic (exact) mass is 185 g/mol. The van der Waals surface area contributed by atoms with Crippen LogP contribution in [0.2, 0.25) is 0 Å². The average Bonchev–Trinajstić information content (AvgIpc) is 2.05. The van der Waals surface area contributed by atoms with Crippen molar-refractivity contribution in [3.63, 3.8) is 0 Å². The predicted molar refractivity (Wildman–Crippen MR) is 53.5 cm³/mol. The van der Waals surface area contributed by atoms with Gasteiger partial charge in [0.05, 0.1) is 6.61 Å². The first kappa shape index (κ1) is 12.2. The number of carbonyl (C=O) groups is 1. The number of rotatable bonds is 6. The molecule has 76 valence electrons. The lowest BCUT2D eigenvalue weighted by Gasteiger charge is -2.06. The maximum absolute atomic E-state index is 11.2. The molecule has 0 radical (unpaired) electrons. The van der Waals surface area contributed by atoms with E-state index in [0.717, 1.165) is 0 Å². The van der Waals surface area contributed by atoms with E-state index in [9.17, 15) is 4.79 Å². The first-order valence-corrected chi connectivity index (χ1v) is 4.59. The number of hydrogen-bond donors (Lipinski definition) is 1. The number of allylic oxidation sites excluding steroid dienone is 2. The molecule has 0 spiro atoms. The van der Waals surface area contributed by atoms with Crippen LogP contribution in [-0.4, -0.2) is 26.2 Å². The van der Waals surface area contributed by atoms with Gasteiger partial charge < -0.3 is 10.1 Å². The molecule has 1 amide bonds. The van der Waals surface area contributed by atoms with Crippen LogP contribution >= 0.6 is 0 Å². The van der Waals surface area contributed by atoms with Crippen molar-refractivity contribution in [2.75, 3.05) is 20.3 Å². The maximum atomic E-state index is 11.2. The molecule has 13 heavy (non-hydrogen) atoms. The van der Waals surface area contributed by atoms with Crippen LogP contribution < -0.4 is 5.32 Å². The molecule has 0 aromatic heterocycles. The van der Waals surface area contributed by atoms with E-state index in [2.05, 4.69) is 5.32 Å². The molecule has 0 bridgehead atoms. The average molecular weight is 185 g/mol. The standard InChI is InChI=1S/C10H19NO2/c1-4-5-9(2)8-10(12)11-6-7-13-3/h4-5,9H,6-8H2,1-3H3,(H,11,12)/b5-4+. The van der Waals surface area contributed by atoms with E-state index in [1.807, 2.05) is 26.0 Å². The number of carbonyl (C=O) groups excluding carboxylic acids is 1. The summed E-state index contributed by atoms with van der Waals surface area (Å²) in [7, 11) is 1.62. The molecule has 1 unspecified atom stereocenters. The summed E-state index contributed by atoms with van der Waals surface area (Å²) >= 11 is 0. The summed E-state index contributed by atoms with van der Waals surface area (Å²) in [5.74, 6) is 0.398. The molecule has 0 fully saturated rings. The summed E-state index contributed by atoms with van der Waals surface area (Å²) in [6.45, 7) is 5.15. The summed E-state index contributed by atoms with van der Waals surface area (Å²) < 4.78 is 4.82. The third-order valence-corrected chi connectivity index (χ3v) is 1.66. The van der Waals surface area contributed by atoms with Crippen LogP contribution in [0.4, 0.5) is 0 Å². The Labute approximate surface area is 80.2 Å². The van der Waals surface area contributed by atoms with Crippen molar-refractivity contribution in [1.82, 2.24) is 5.32 Å². The molecular formula is C10H19NO2. The van der Waals surface area contributed by atoms with Crippen LogP contribution in [0.25, 0.3) is 0 Å². The Bertz CT molecular complexity index is 166.